The fourth-order valence-corrected chi connectivity index (χ4v) is 3.23. The molecule has 0 radical (unpaired) electrons. The molecule has 0 saturated heterocycles. The normalized spacial score (nSPS) is 10.4. The van der Waals surface area contributed by atoms with Crippen molar-refractivity contribution in [3.8, 4) is 21.9 Å². The number of carbonyl (C=O) groups is 1. The van der Waals surface area contributed by atoms with Crippen LogP contribution in [0.4, 0.5) is 5.13 Å². The minimum atomic E-state index is -0.131. The summed E-state index contributed by atoms with van der Waals surface area (Å²) in [5.74, 6) is 1.30. The summed E-state index contributed by atoms with van der Waals surface area (Å²) in [7, 11) is 1.64. The Labute approximate surface area is 140 Å². The van der Waals surface area contributed by atoms with Gasteiger partial charge in [-0.05, 0) is 25.5 Å². The monoisotopic (exact) mass is 334 g/mol. The van der Waals surface area contributed by atoms with Crippen LogP contribution in [-0.4, -0.2) is 24.6 Å². The highest BCUT2D eigenvalue weighted by atomic mass is 32.1. The lowest BCUT2D eigenvalue weighted by Crippen LogP contribution is -2.04. The maximum absolute atomic E-state index is 11.2. The van der Waals surface area contributed by atoms with Crippen LogP contribution in [-0.2, 0) is 4.79 Å². The Balaban J connectivity index is 2.37. The van der Waals surface area contributed by atoms with Gasteiger partial charge in [-0.15, -0.1) is 0 Å². The number of thiazole rings is 1. The molecule has 6 heteroatoms. The van der Waals surface area contributed by atoms with Gasteiger partial charge < -0.3 is 14.8 Å². The van der Waals surface area contributed by atoms with Crippen molar-refractivity contribution in [2.45, 2.75) is 33.6 Å². The van der Waals surface area contributed by atoms with Gasteiger partial charge >= 0.3 is 0 Å². The number of hydrogen-bond donors (Lipinski definition) is 1. The van der Waals surface area contributed by atoms with E-state index in [-0.39, 0.29) is 5.91 Å². The summed E-state index contributed by atoms with van der Waals surface area (Å²) in [5, 5.41) is 3.31. The molecule has 2 aromatic rings. The first-order valence-electron chi connectivity index (χ1n) is 7.62. The van der Waals surface area contributed by atoms with Gasteiger partial charge in [0.15, 0.2) is 16.6 Å². The molecule has 1 N–H and O–H groups in total. The summed E-state index contributed by atoms with van der Waals surface area (Å²) >= 11 is 1.43. The standard InChI is InChI=1S/C17H22N2O3S/c1-5-6-10-22-14-9-7-8-13(15(14)21-4)16-11(2)18-17(23-16)19-12(3)20/h7-9H,5-6,10H2,1-4H3,(H,18,19,20). The van der Waals surface area contributed by atoms with Crippen LogP contribution in [0.2, 0.25) is 0 Å². The second-order valence-electron chi connectivity index (χ2n) is 5.15. The van der Waals surface area contributed by atoms with Crippen LogP contribution in [0, 0.1) is 6.92 Å². The van der Waals surface area contributed by atoms with Gasteiger partial charge in [0.2, 0.25) is 5.91 Å². The van der Waals surface area contributed by atoms with Gasteiger partial charge in [0.25, 0.3) is 0 Å². The Morgan fingerprint density at radius 3 is 2.83 bits per heavy atom. The third-order valence-corrected chi connectivity index (χ3v) is 4.37. The summed E-state index contributed by atoms with van der Waals surface area (Å²) in [4.78, 5) is 16.6. The quantitative estimate of drug-likeness (QED) is 0.768. The molecule has 0 aliphatic heterocycles. The topological polar surface area (TPSA) is 60.5 Å². The van der Waals surface area contributed by atoms with E-state index in [9.17, 15) is 4.79 Å². The largest absolute Gasteiger partial charge is 0.492 e. The molecule has 2 rings (SSSR count). The summed E-state index contributed by atoms with van der Waals surface area (Å²) in [6.07, 6.45) is 2.08. The van der Waals surface area contributed by atoms with Crippen LogP contribution in [0.15, 0.2) is 18.2 Å². The Bertz CT molecular complexity index is 682. The van der Waals surface area contributed by atoms with E-state index in [4.69, 9.17) is 9.47 Å². The Kier molecular flexibility index (Phi) is 5.98. The predicted molar refractivity (Wildman–Crippen MR) is 93.5 cm³/mol. The smallest absolute Gasteiger partial charge is 0.223 e. The number of methoxy groups -OCH3 is 1. The Morgan fingerprint density at radius 2 is 2.17 bits per heavy atom. The first-order valence-corrected chi connectivity index (χ1v) is 8.43. The fraction of sp³-hybridized carbons (Fsp3) is 0.412. The van der Waals surface area contributed by atoms with E-state index in [1.54, 1.807) is 7.11 Å². The lowest BCUT2D eigenvalue weighted by atomic mass is 10.1. The number of anilines is 1. The molecular weight excluding hydrogens is 312 g/mol. The van der Waals surface area contributed by atoms with Crippen molar-refractivity contribution in [3.63, 3.8) is 0 Å². The van der Waals surface area contributed by atoms with E-state index in [0.717, 1.165) is 34.7 Å². The third-order valence-electron chi connectivity index (χ3n) is 3.26. The van der Waals surface area contributed by atoms with Gasteiger partial charge in [-0.3, -0.25) is 4.79 Å². The summed E-state index contributed by atoms with van der Waals surface area (Å²) in [5.41, 5.74) is 1.77. The van der Waals surface area contributed by atoms with Crippen molar-refractivity contribution < 1.29 is 14.3 Å². The third kappa shape index (κ3) is 4.22. The van der Waals surface area contributed by atoms with Crippen LogP contribution < -0.4 is 14.8 Å². The van der Waals surface area contributed by atoms with Crippen molar-refractivity contribution in [1.29, 1.82) is 0 Å². The van der Waals surface area contributed by atoms with E-state index in [2.05, 4.69) is 17.2 Å². The van der Waals surface area contributed by atoms with E-state index in [0.29, 0.717) is 17.5 Å². The Morgan fingerprint density at radius 1 is 1.39 bits per heavy atom. The summed E-state index contributed by atoms with van der Waals surface area (Å²) in [6, 6.07) is 5.82. The van der Waals surface area contributed by atoms with Crippen molar-refractivity contribution in [2.24, 2.45) is 0 Å². The van der Waals surface area contributed by atoms with Gasteiger partial charge in [-0.25, -0.2) is 4.98 Å². The molecule has 1 heterocycles. The fourth-order valence-electron chi connectivity index (χ4n) is 2.20. The highest BCUT2D eigenvalue weighted by Crippen LogP contribution is 2.42. The molecule has 124 valence electrons. The summed E-state index contributed by atoms with van der Waals surface area (Å²) < 4.78 is 11.4. The minimum Gasteiger partial charge on any atom is -0.492 e. The maximum atomic E-state index is 11.2. The van der Waals surface area contributed by atoms with E-state index >= 15 is 0 Å². The first kappa shape index (κ1) is 17.3. The number of para-hydroxylation sites is 1. The van der Waals surface area contributed by atoms with Crippen molar-refractivity contribution in [1.82, 2.24) is 4.98 Å². The predicted octanol–water partition coefficient (Wildman–Crippen LogP) is 4.26. The highest BCUT2D eigenvalue weighted by Gasteiger charge is 2.17. The molecule has 0 aliphatic carbocycles. The molecule has 0 fully saturated rings. The first-order chi connectivity index (χ1) is 11.1. The number of nitrogens with one attached hydrogen (secondary N) is 1. The van der Waals surface area contributed by atoms with Crippen LogP contribution in [0.5, 0.6) is 11.5 Å². The lowest BCUT2D eigenvalue weighted by Gasteiger charge is -2.13. The number of aryl methyl sites for hydroxylation is 1. The number of benzene rings is 1. The zero-order valence-corrected chi connectivity index (χ0v) is 14.8. The number of nitrogens with zero attached hydrogens (tertiary/aromatic N) is 1. The average molecular weight is 334 g/mol. The number of aromatic nitrogens is 1. The van der Waals surface area contributed by atoms with Gasteiger partial charge in [0, 0.05) is 12.5 Å². The van der Waals surface area contributed by atoms with Gasteiger partial charge in [0.1, 0.15) is 0 Å². The molecule has 1 aromatic heterocycles. The minimum absolute atomic E-state index is 0.131. The van der Waals surface area contributed by atoms with Crippen molar-refractivity contribution in [2.75, 3.05) is 19.0 Å². The van der Waals surface area contributed by atoms with Gasteiger partial charge in [-0.2, -0.15) is 0 Å². The van der Waals surface area contributed by atoms with Crippen LogP contribution in [0.25, 0.3) is 10.4 Å². The van der Waals surface area contributed by atoms with E-state index in [1.165, 1.54) is 18.3 Å². The number of carbonyl (C=O) groups excluding carboxylic acids is 1. The molecule has 1 amide bonds. The van der Waals surface area contributed by atoms with Crippen molar-refractivity contribution in [3.05, 3.63) is 23.9 Å². The van der Waals surface area contributed by atoms with Crippen molar-refractivity contribution >= 4 is 22.4 Å². The molecular formula is C17H22N2O3S. The van der Waals surface area contributed by atoms with E-state index < -0.39 is 0 Å². The molecule has 5 nitrogen and oxygen atoms in total. The van der Waals surface area contributed by atoms with E-state index in [1.807, 2.05) is 25.1 Å². The Hall–Kier alpha value is -2.08. The average Bonchev–Trinajstić information content (AvgIpc) is 2.86. The van der Waals surface area contributed by atoms with Crippen LogP contribution in [0.3, 0.4) is 0 Å². The number of unbranched alkanes of at least 4 members (excludes halogenated alkanes) is 1. The summed E-state index contributed by atoms with van der Waals surface area (Å²) in [6.45, 7) is 6.18. The second kappa shape index (κ2) is 7.97. The highest BCUT2D eigenvalue weighted by molar-refractivity contribution is 7.19. The molecule has 23 heavy (non-hydrogen) atoms. The molecule has 0 aliphatic rings. The number of amides is 1. The van der Waals surface area contributed by atoms with Crippen LogP contribution >= 0.6 is 11.3 Å². The van der Waals surface area contributed by atoms with Gasteiger partial charge in [-0.1, -0.05) is 30.7 Å². The number of hydrogen-bond acceptors (Lipinski definition) is 5. The number of rotatable bonds is 7. The SMILES string of the molecule is CCCCOc1cccc(-c2sc(NC(C)=O)nc2C)c1OC. The zero-order chi connectivity index (χ0) is 16.8. The molecule has 0 atom stereocenters. The van der Waals surface area contributed by atoms with Gasteiger partial charge in [0.05, 0.1) is 24.3 Å². The molecule has 0 saturated carbocycles. The lowest BCUT2D eigenvalue weighted by molar-refractivity contribution is -0.114. The second-order valence-corrected chi connectivity index (χ2v) is 6.15. The molecule has 0 bridgehead atoms. The molecule has 0 spiro atoms. The molecule has 0 unspecified atom stereocenters. The maximum Gasteiger partial charge on any atom is 0.223 e. The molecule has 1 aromatic carbocycles. The zero-order valence-electron chi connectivity index (χ0n) is 13.9. The number of ether oxygens (including phenoxy) is 2. The van der Waals surface area contributed by atoms with Crippen LogP contribution in [0.1, 0.15) is 32.4 Å².